The van der Waals surface area contributed by atoms with Crippen molar-refractivity contribution in [3.8, 4) is 0 Å². The van der Waals surface area contributed by atoms with E-state index in [-0.39, 0.29) is 11.8 Å². The molecule has 1 aromatic rings. The van der Waals surface area contributed by atoms with E-state index >= 15 is 0 Å². The zero-order valence-corrected chi connectivity index (χ0v) is 10.3. The van der Waals surface area contributed by atoms with Crippen LogP contribution in [0.2, 0.25) is 0 Å². The lowest BCUT2D eigenvalue weighted by Crippen LogP contribution is -2.34. The van der Waals surface area contributed by atoms with Crippen LogP contribution < -0.4 is 0 Å². The van der Waals surface area contributed by atoms with Gasteiger partial charge >= 0.3 is 0 Å². The van der Waals surface area contributed by atoms with Crippen molar-refractivity contribution >= 4 is 33.6 Å². The molecule has 0 aliphatic carbocycles. The molecule has 0 saturated heterocycles. The second-order valence-corrected chi connectivity index (χ2v) is 4.78. The van der Waals surface area contributed by atoms with Gasteiger partial charge in [0.2, 0.25) is 0 Å². The summed E-state index contributed by atoms with van der Waals surface area (Å²) in [5, 5.41) is 0. The number of carbonyl (C=O) groups excluding carboxylic acids is 2. The van der Waals surface area contributed by atoms with E-state index in [1.807, 2.05) is 0 Å². The molecule has 0 radical (unpaired) electrons. The number of amidine groups is 1. The van der Waals surface area contributed by atoms with Crippen LogP contribution >= 0.6 is 15.9 Å². The normalized spacial score (nSPS) is 18.3. The van der Waals surface area contributed by atoms with Gasteiger partial charge in [-0.25, -0.2) is 4.90 Å². The Morgan fingerprint density at radius 2 is 1.71 bits per heavy atom. The minimum atomic E-state index is -0.303. The molecule has 2 amide bonds. The third-order valence-electron chi connectivity index (χ3n) is 2.70. The summed E-state index contributed by atoms with van der Waals surface area (Å²) in [7, 11) is 0. The highest BCUT2D eigenvalue weighted by atomic mass is 79.9. The molecule has 1 aromatic carbocycles. The van der Waals surface area contributed by atoms with Crippen molar-refractivity contribution in [2.45, 2.75) is 0 Å². The van der Waals surface area contributed by atoms with Crippen LogP contribution in [0.5, 0.6) is 0 Å². The number of fused-ring (bicyclic) bond motifs is 1. The zero-order chi connectivity index (χ0) is 12.0. The first kappa shape index (κ1) is 10.4. The van der Waals surface area contributed by atoms with Gasteiger partial charge in [0.05, 0.1) is 17.7 Å². The molecule has 0 unspecified atom stereocenters. The fourth-order valence-corrected chi connectivity index (χ4v) is 2.25. The third kappa shape index (κ3) is 1.46. The number of nitrogens with zero attached hydrogens (tertiary/aromatic N) is 2. The van der Waals surface area contributed by atoms with Crippen LogP contribution in [-0.2, 0) is 0 Å². The number of amides is 2. The van der Waals surface area contributed by atoms with E-state index in [1.165, 1.54) is 0 Å². The number of benzene rings is 1. The minimum Gasteiger partial charge on any atom is -0.268 e. The third-order valence-corrected chi connectivity index (χ3v) is 3.18. The number of hydrogen-bond donors (Lipinski definition) is 0. The molecule has 17 heavy (non-hydrogen) atoms. The van der Waals surface area contributed by atoms with Gasteiger partial charge in [-0.2, -0.15) is 0 Å². The van der Waals surface area contributed by atoms with Gasteiger partial charge in [0.15, 0.2) is 0 Å². The largest absolute Gasteiger partial charge is 0.268 e. The highest BCUT2D eigenvalue weighted by molar-refractivity contribution is 9.11. The minimum absolute atomic E-state index is 0.303. The summed E-state index contributed by atoms with van der Waals surface area (Å²) in [6.45, 7) is 0.475. The van der Waals surface area contributed by atoms with Gasteiger partial charge in [0.1, 0.15) is 5.84 Å². The summed E-state index contributed by atoms with van der Waals surface area (Å²) in [6, 6.07) is 6.80. The van der Waals surface area contributed by atoms with E-state index in [0.717, 1.165) is 9.38 Å². The van der Waals surface area contributed by atoms with Crippen molar-refractivity contribution in [2.24, 2.45) is 4.99 Å². The lowest BCUT2D eigenvalue weighted by atomic mass is 10.1. The molecule has 0 fully saturated rings. The zero-order valence-electron chi connectivity index (χ0n) is 8.68. The molecule has 2 aliphatic heterocycles. The van der Waals surface area contributed by atoms with Gasteiger partial charge in [-0.15, -0.1) is 0 Å². The number of imide groups is 1. The van der Waals surface area contributed by atoms with Crippen LogP contribution in [0.25, 0.3) is 0 Å². The average Bonchev–Trinajstić information content (AvgIpc) is 2.84. The van der Waals surface area contributed by atoms with Crippen molar-refractivity contribution in [3.05, 3.63) is 46.0 Å². The van der Waals surface area contributed by atoms with Gasteiger partial charge in [-0.3, -0.25) is 14.6 Å². The van der Waals surface area contributed by atoms with Crippen LogP contribution in [0.15, 0.2) is 39.8 Å². The Labute approximate surface area is 106 Å². The highest BCUT2D eigenvalue weighted by Crippen LogP contribution is 2.25. The summed E-state index contributed by atoms with van der Waals surface area (Å²) >= 11 is 3.30. The Morgan fingerprint density at radius 3 is 2.18 bits per heavy atom. The van der Waals surface area contributed by atoms with Gasteiger partial charge in [-0.1, -0.05) is 28.1 Å². The molecule has 3 rings (SSSR count). The van der Waals surface area contributed by atoms with E-state index in [9.17, 15) is 9.59 Å². The number of rotatable bonds is 0. The second-order valence-electron chi connectivity index (χ2n) is 3.76. The molecule has 0 aromatic heterocycles. The lowest BCUT2D eigenvalue weighted by molar-refractivity contribution is 0.0750. The first-order chi connectivity index (χ1) is 8.18. The topological polar surface area (TPSA) is 49.7 Å². The number of carbonyl (C=O) groups is 2. The predicted molar refractivity (Wildman–Crippen MR) is 66.3 cm³/mol. The second kappa shape index (κ2) is 3.63. The molecule has 0 N–H and O–H groups in total. The Bertz CT molecular complexity index is 569. The summed E-state index contributed by atoms with van der Waals surface area (Å²) in [6.07, 6.45) is 1.70. The van der Waals surface area contributed by atoms with Gasteiger partial charge < -0.3 is 0 Å². The van der Waals surface area contributed by atoms with Crippen molar-refractivity contribution in [2.75, 3.05) is 6.54 Å². The molecule has 0 saturated carbocycles. The molecule has 0 spiro atoms. The van der Waals surface area contributed by atoms with E-state index < -0.39 is 0 Å². The summed E-state index contributed by atoms with van der Waals surface area (Å²) < 4.78 is 0.865. The maximum atomic E-state index is 12.1. The molecular weight excluding hydrogens is 284 g/mol. The average molecular weight is 291 g/mol. The monoisotopic (exact) mass is 290 g/mol. The SMILES string of the molecule is O=C1c2ccccc2C(=O)N1C1=NCC(Br)=C1. The molecule has 0 atom stereocenters. The van der Waals surface area contributed by atoms with Gasteiger partial charge in [0.25, 0.3) is 11.8 Å². The Morgan fingerprint density at radius 1 is 1.12 bits per heavy atom. The van der Waals surface area contributed by atoms with Crippen LogP contribution in [0.4, 0.5) is 0 Å². The highest BCUT2D eigenvalue weighted by Gasteiger charge is 2.38. The molecule has 84 valence electrons. The standard InChI is InChI=1S/C12H7BrN2O2/c13-7-5-10(14-6-7)15-11(16)8-3-1-2-4-9(8)12(15)17/h1-5H,6H2. The van der Waals surface area contributed by atoms with E-state index in [4.69, 9.17) is 0 Å². The smallest absolute Gasteiger partial charge is 0.267 e. The Hall–Kier alpha value is -1.75. The van der Waals surface area contributed by atoms with Crippen molar-refractivity contribution in [3.63, 3.8) is 0 Å². The lowest BCUT2D eigenvalue weighted by Gasteiger charge is -2.11. The summed E-state index contributed by atoms with van der Waals surface area (Å²) in [4.78, 5) is 29.4. The summed E-state index contributed by atoms with van der Waals surface area (Å²) in [5.41, 5.74) is 0.883. The van der Waals surface area contributed by atoms with Crippen molar-refractivity contribution < 1.29 is 9.59 Å². The van der Waals surface area contributed by atoms with Crippen LogP contribution in [0.3, 0.4) is 0 Å². The summed E-state index contributed by atoms with van der Waals surface area (Å²) in [5.74, 6) is -0.200. The van der Waals surface area contributed by atoms with Crippen LogP contribution in [-0.4, -0.2) is 29.1 Å². The fourth-order valence-electron chi connectivity index (χ4n) is 1.92. The maximum Gasteiger partial charge on any atom is 0.267 e. The first-order valence-electron chi connectivity index (χ1n) is 5.07. The van der Waals surface area contributed by atoms with E-state index in [1.54, 1.807) is 30.3 Å². The molecule has 4 nitrogen and oxygen atoms in total. The molecule has 5 heteroatoms. The van der Waals surface area contributed by atoms with Gasteiger partial charge in [-0.05, 0) is 18.2 Å². The van der Waals surface area contributed by atoms with Crippen LogP contribution in [0.1, 0.15) is 20.7 Å². The number of aliphatic imine (C=N–C) groups is 1. The molecular formula is C12H7BrN2O2. The predicted octanol–water partition coefficient (Wildman–Crippen LogP) is 1.97. The van der Waals surface area contributed by atoms with Crippen LogP contribution in [0, 0.1) is 0 Å². The first-order valence-corrected chi connectivity index (χ1v) is 5.86. The van der Waals surface area contributed by atoms with Gasteiger partial charge in [0, 0.05) is 4.48 Å². The van der Waals surface area contributed by atoms with Crippen molar-refractivity contribution in [1.29, 1.82) is 0 Å². The number of halogens is 1. The molecule has 2 heterocycles. The molecule has 2 aliphatic rings. The number of hydrogen-bond acceptors (Lipinski definition) is 3. The molecule has 0 bridgehead atoms. The maximum absolute atomic E-state index is 12.1. The quantitative estimate of drug-likeness (QED) is 0.686. The Balaban J connectivity index is 2.07. The fraction of sp³-hybridized carbons (Fsp3) is 0.0833. The van der Waals surface area contributed by atoms with Crippen molar-refractivity contribution in [1.82, 2.24) is 4.90 Å². The van der Waals surface area contributed by atoms with E-state index in [0.29, 0.717) is 23.5 Å². The van der Waals surface area contributed by atoms with E-state index in [2.05, 4.69) is 20.9 Å². The Kier molecular flexibility index (Phi) is 2.22.